The van der Waals surface area contributed by atoms with Crippen LogP contribution in [0.4, 0.5) is 11.5 Å². The van der Waals surface area contributed by atoms with Crippen LogP contribution in [0.25, 0.3) is 0 Å². The maximum atomic E-state index is 12.2. The van der Waals surface area contributed by atoms with Crippen LogP contribution in [0.1, 0.15) is 30.8 Å². The summed E-state index contributed by atoms with van der Waals surface area (Å²) in [5.74, 6) is 1.47. The van der Waals surface area contributed by atoms with Gasteiger partial charge in [-0.3, -0.25) is 4.79 Å². The molecule has 128 valence electrons. The maximum Gasteiger partial charge on any atom is 0.275 e. The second kappa shape index (κ2) is 8.49. The molecule has 2 aromatic rings. The van der Waals surface area contributed by atoms with E-state index in [2.05, 4.69) is 34.4 Å². The number of methoxy groups -OCH3 is 1. The van der Waals surface area contributed by atoms with Crippen LogP contribution >= 0.6 is 11.6 Å². The molecule has 0 unspecified atom stereocenters. The molecule has 2 rings (SSSR count). The number of halogens is 1. The number of nitrogens with one attached hydrogen (secondary N) is 2. The number of rotatable bonds is 7. The summed E-state index contributed by atoms with van der Waals surface area (Å²) in [6.45, 7) is 5.14. The lowest BCUT2D eigenvalue weighted by molar-refractivity contribution is 0.102. The van der Waals surface area contributed by atoms with Gasteiger partial charge in [0, 0.05) is 12.2 Å². The van der Waals surface area contributed by atoms with E-state index in [1.807, 2.05) is 0 Å². The van der Waals surface area contributed by atoms with Gasteiger partial charge in [-0.2, -0.15) is 0 Å². The zero-order chi connectivity index (χ0) is 17.5. The van der Waals surface area contributed by atoms with Crippen LogP contribution in [0.15, 0.2) is 30.6 Å². The van der Waals surface area contributed by atoms with E-state index in [0.29, 0.717) is 28.2 Å². The maximum absolute atomic E-state index is 12.2. The van der Waals surface area contributed by atoms with E-state index in [9.17, 15) is 4.79 Å². The quantitative estimate of drug-likeness (QED) is 0.794. The number of hydrogen-bond donors (Lipinski definition) is 2. The van der Waals surface area contributed by atoms with Gasteiger partial charge < -0.3 is 15.4 Å². The van der Waals surface area contributed by atoms with Crippen molar-refractivity contribution < 1.29 is 9.53 Å². The third-order valence-electron chi connectivity index (χ3n) is 3.32. The number of hydrogen-bond acceptors (Lipinski definition) is 5. The molecular formula is C17H21ClN4O2. The Morgan fingerprint density at radius 3 is 2.67 bits per heavy atom. The van der Waals surface area contributed by atoms with Crippen molar-refractivity contribution in [2.24, 2.45) is 5.92 Å². The molecule has 0 saturated carbocycles. The number of benzene rings is 1. The molecule has 24 heavy (non-hydrogen) atoms. The molecule has 0 aliphatic rings. The fourth-order valence-electron chi connectivity index (χ4n) is 1.96. The molecule has 0 spiro atoms. The average Bonchev–Trinajstić information content (AvgIpc) is 2.55. The zero-order valence-corrected chi connectivity index (χ0v) is 14.7. The number of carbonyl (C=O) groups is 1. The number of amides is 1. The van der Waals surface area contributed by atoms with Crippen LogP contribution in [-0.2, 0) is 0 Å². The lowest BCUT2D eigenvalue weighted by Crippen LogP contribution is -2.15. The number of anilines is 2. The lowest BCUT2D eigenvalue weighted by Gasteiger charge is -2.09. The molecule has 0 aliphatic heterocycles. The van der Waals surface area contributed by atoms with Gasteiger partial charge >= 0.3 is 0 Å². The molecule has 1 aromatic carbocycles. The first-order chi connectivity index (χ1) is 11.5. The second-order valence-electron chi connectivity index (χ2n) is 5.70. The summed E-state index contributed by atoms with van der Waals surface area (Å²) < 4.78 is 5.08. The van der Waals surface area contributed by atoms with E-state index in [-0.39, 0.29) is 11.6 Å². The predicted octanol–water partition coefficient (Wildman–Crippen LogP) is 3.85. The summed E-state index contributed by atoms with van der Waals surface area (Å²) in [4.78, 5) is 20.5. The number of ether oxygens (including phenoxy) is 1. The van der Waals surface area contributed by atoms with Crippen molar-refractivity contribution in [3.05, 3.63) is 41.3 Å². The Hall–Kier alpha value is -2.34. The van der Waals surface area contributed by atoms with Crippen LogP contribution < -0.4 is 15.4 Å². The van der Waals surface area contributed by atoms with Gasteiger partial charge in [0.25, 0.3) is 5.91 Å². The van der Waals surface area contributed by atoms with E-state index in [4.69, 9.17) is 16.3 Å². The Balaban J connectivity index is 1.96. The lowest BCUT2D eigenvalue weighted by atomic mass is 10.1. The second-order valence-corrected chi connectivity index (χ2v) is 6.11. The third-order valence-corrected chi connectivity index (χ3v) is 3.62. The van der Waals surface area contributed by atoms with Crippen molar-refractivity contribution >= 4 is 29.0 Å². The van der Waals surface area contributed by atoms with Gasteiger partial charge in [0.2, 0.25) is 0 Å². The highest BCUT2D eigenvalue weighted by atomic mass is 35.5. The minimum absolute atomic E-state index is 0.233. The number of nitrogens with zero attached hydrogens (tertiary/aromatic N) is 2. The van der Waals surface area contributed by atoms with Crippen LogP contribution in [0.3, 0.4) is 0 Å². The molecule has 0 saturated heterocycles. The molecule has 1 aromatic heterocycles. The minimum atomic E-state index is -0.350. The topological polar surface area (TPSA) is 76.1 Å². The summed E-state index contributed by atoms with van der Waals surface area (Å²) >= 11 is 6.04. The van der Waals surface area contributed by atoms with E-state index < -0.39 is 0 Å². The van der Waals surface area contributed by atoms with Crippen molar-refractivity contribution in [1.29, 1.82) is 0 Å². The molecule has 0 aliphatic carbocycles. The largest absolute Gasteiger partial charge is 0.495 e. The van der Waals surface area contributed by atoms with Crippen molar-refractivity contribution in [2.75, 3.05) is 24.3 Å². The van der Waals surface area contributed by atoms with Gasteiger partial charge in [-0.1, -0.05) is 25.4 Å². The average molecular weight is 349 g/mol. The first kappa shape index (κ1) is 18.0. The Bertz CT molecular complexity index is 689. The molecule has 0 atom stereocenters. The van der Waals surface area contributed by atoms with Gasteiger partial charge in [0.05, 0.1) is 24.5 Å². The number of aromatic nitrogens is 2. The smallest absolute Gasteiger partial charge is 0.275 e. The first-order valence-corrected chi connectivity index (χ1v) is 8.08. The summed E-state index contributed by atoms with van der Waals surface area (Å²) in [7, 11) is 1.53. The summed E-state index contributed by atoms with van der Waals surface area (Å²) in [5.41, 5.74) is 0.795. The molecular weight excluding hydrogens is 328 g/mol. The van der Waals surface area contributed by atoms with E-state index in [1.54, 1.807) is 24.4 Å². The van der Waals surface area contributed by atoms with Crippen molar-refractivity contribution in [1.82, 2.24) is 9.97 Å². The van der Waals surface area contributed by atoms with Crippen LogP contribution in [-0.4, -0.2) is 29.5 Å². The van der Waals surface area contributed by atoms with Crippen molar-refractivity contribution in [3.63, 3.8) is 0 Å². The Morgan fingerprint density at radius 2 is 2.08 bits per heavy atom. The van der Waals surface area contributed by atoms with Crippen LogP contribution in [0.2, 0.25) is 5.02 Å². The number of carbonyl (C=O) groups excluding carboxylic acids is 1. The van der Waals surface area contributed by atoms with E-state index >= 15 is 0 Å². The molecule has 0 radical (unpaired) electrons. The Labute approximate surface area is 146 Å². The summed E-state index contributed by atoms with van der Waals surface area (Å²) in [6.07, 6.45) is 4.04. The summed E-state index contributed by atoms with van der Waals surface area (Å²) in [6, 6.07) is 5.01. The van der Waals surface area contributed by atoms with Crippen LogP contribution in [0, 0.1) is 5.92 Å². The Morgan fingerprint density at radius 1 is 1.29 bits per heavy atom. The van der Waals surface area contributed by atoms with E-state index in [1.165, 1.54) is 13.3 Å². The van der Waals surface area contributed by atoms with E-state index in [0.717, 1.165) is 13.0 Å². The van der Waals surface area contributed by atoms with Gasteiger partial charge in [-0.05, 0) is 30.5 Å². The van der Waals surface area contributed by atoms with Gasteiger partial charge in [-0.25, -0.2) is 9.97 Å². The van der Waals surface area contributed by atoms with Crippen LogP contribution in [0.5, 0.6) is 5.75 Å². The van der Waals surface area contributed by atoms with Gasteiger partial charge in [-0.15, -0.1) is 0 Å². The Kier molecular flexibility index (Phi) is 6.37. The highest BCUT2D eigenvalue weighted by Gasteiger charge is 2.10. The highest BCUT2D eigenvalue weighted by Crippen LogP contribution is 2.27. The van der Waals surface area contributed by atoms with Gasteiger partial charge in [0.1, 0.15) is 17.3 Å². The standard InChI is InChI=1S/C17H21ClN4O2/c1-11(2)6-7-19-16-10-20-14(9-21-16)17(23)22-12-4-5-15(24-3)13(18)8-12/h4-5,8-11H,6-7H2,1-3H3,(H,19,21)(H,22,23). The SMILES string of the molecule is COc1ccc(NC(=O)c2cnc(NCCC(C)C)cn2)cc1Cl. The molecule has 7 heteroatoms. The molecule has 1 amide bonds. The zero-order valence-electron chi connectivity index (χ0n) is 14.0. The molecule has 6 nitrogen and oxygen atoms in total. The first-order valence-electron chi connectivity index (χ1n) is 7.70. The fourth-order valence-corrected chi connectivity index (χ4v) is 2.22. The summed E-state index contributed by atoms with van der Waals surface area (Å²) in [5, 5.41) is 6.32. The van der Waals surface area contributed by atoms with Crippen molar-refractivity contribution in [2.45, 2.75) is 20.3 Å². The molecule has 2 N–H and O–H groups in total. The highest BCUT2D eigenvalue weighted by molar-refractivity contribution is 6.32. The fraction of sp³-hybridized carbons (Fsp3) is 0.353. The van der Waals surface area contributed by atoms with Crippen molar-refractivity contribution in [3.8, 4) is 5.75 Å². The molecule has 0 fully saturated rings. The minimum Gasteiger partial charge on any atom is -0.495 e. The third kappa shape index (κ3) is 5.09. The monoisotopic (exact) mass is 348 g/mol. The normalized spacial score (nSPS) is 10.5. The predicted molar refractivity (Wildman–Crippen MR) is 95.9 cm³/mol. The molecule has 1 heterocycles. The van der Waals surface area contributed by atoms with Gasteiger partial charge in [0.15, 0.2) is 0 Å². The molecule has 0 bridgehead atoms.